The third-order valence-corrected chi connectivity index (χ3v) is 5.37. The smallest absolute Gasteiger partial charge is 0.223 e. The van der Waals surface area contributed by atoms with Gasteiger partial charge in [-0.2, -0.15) is 5.10 Å². The van der Waals surface area contributed by atoms with Crippen molar-refractivity contribution in [3.63, 3.8) is 0 Å². The predicted molar refractivity (Wildman–Crippen MR) is 87.6 cm³/mol. The van der Waals surface area contributed by atoms with Crippen LogP contribution in [0.5, 0.6) is 0 Å². The zero-order chi connectivity index (χ0) is 15.5. The van der Waals surface area contributed by atoms with Crippen LogP contribution in [0.3, 0.4) is 0 Å². The Labute approximate surface area is 133 Å². The number of hydrogen-bond donors (Lipinski definition) is 0. The molecule has 0 N–H and O–H groups in total. The van der Waals surface area contributed by atoms with Crippen LogP contribution in [0.4, 0.5) is 0 Å². The lowest BCUT2D eigenvalue weighted by Crippen LogP contribution is -2.46. The minimum Gasteiger partial charge on any atom is -0.338 e. The van der Waals surface area contributed by atoms with Gasteiger partial charge in [0, 0.05) is 18.7 Å². The van der Waals surface area contributed by atoms with E-state index in [-0.39, 0.29) is 0 Å². The monoisotopic (exact) mass is 303 g/mol. The fourth-order valence-electron chi connectivity index (χ4n) is 4.16. The predicted octanol–water partition coefficient (Wildman–Crippen LogP) is 3.46. The van der Waals surface area contributed by atoms with E-state index < -0.39 is 0 Å². The number of aryl methyl sites for hydroxylation is 2. The summed E-state index contributed by atoms with van der Waals surface area (Å²) in [5.74, 6) is 1.03. The largest absolute Gasteiger partial charge is 0.338 e. The van der Waals surface area contributed by atoms with Gasteiger partial charge in [0.25, 0.3) is 0 Å². The maximum atomic E-state index is 12.7. The zero-order valence-electron chi connectivity index (χ0n) is 14.1. The Bertz CT molecular complexity index is 516. The Kier molecular flexibility index (Phi) is 4.84. The van der Waals surface area contributed by atoms with Gasteiger partial charge in [-0.25, -0.2) is 0 Å². The van der Waals surface area contributed by atoms with Gasteiger partial charge in [-0.05, 0) is 57.9 Å². The number of likely N-dealkylation sites (tertiary alicyclic amines) is 1. The van der Waals surface area contributed by atoms with Crippen LogP contribution in [0, 0.1) is 19.8 Å². The van der Waals surface area contributed by atoms with E-state index in [9.17, 15) is 4.79 Å². The lowest BCUT2D eigenvalue weighted by molar-refractivity contribution is -0.136. The van der Waals surface area contributed by atoms with Crippen LogP contribution in [0.1, 0.15) is 62.8 Å². The van der Waals surface area contributed by atoms with Gasteiger partial charge >= 0.3 is 0 Å². The van der Waals surface area contributed by atoms with Gasteiger partial charge in [-0.1, -0.05) is 12.8 Å². The van der Waals surface area contributed by atoms with Crippen molar-refractivity contribution < 1.29 is 4.79 Å². The lowest BCUT2D eigenvalue weighted by Gasteiger charge is -2.36. The van der Waals surface area contributed by atoms with Gasteiger partial charge < -0.3 is 4.90 Å². The number of piperidine rings is 1. The molecule has 3 rings (SSSR count). The summed E-state index contributed by atoms with van der Waals surface area (Å²) in [5, 5.41) is 4.58. The highest BCUT2D eigenvalue weighted by Crippen LogP contribution is 2.29. The van der Waals surface area contributed by atoms with Crippen LogP contribution < -0.4 is 0 Å². The highest BCUT2D eigenvalue weighted by Gasteiger charge is 2.29. The summed E-state index contributed by atoms with van der Waals surface area (Å²) in [6, 6.07) is 2.45. The molecule has 1 amide bonds. The minimum atomic E-state index is 0.334. The second-order valence-electron chi connectivity index (χ2n) is 7.20. The Morgan fingerprint density at radius 2 is 1.91 bits per heavy atom. The van der Waals surface area contributed by atoms with Gasteiger partial charge in [-0.3, -0.25) is 9.48 Å². The topological polar surface area (TPSA) is 38.1 Å². The van der Waals surface area contributed by atoms with Crippen LogP contribution in [0.15, 0.2) is 6.07 Å². The van der Waals surface area contributed by atoms with Gasteiger partial charge in [0.2, 0.25) is 5.91 Å². The average molecular weight is 303 g/mol. The number of aromatic nitrogens is 2. The van der Waals surface area contributed by atoms with Crippen LogP contribution >= 0.6 is 0 Å². The van der Waals surface area contributed by atoms with Crippen molar-refractivity contribution in [3.8, 4) is 0 Å². The molecule has 4 nitrogen and oxygen atoms in total. The summed E-state index contributed by atoms with van der Waals surface area (Å²) in [6.45, 7) is 5.94. The van der Waals surface area contributed by atoms with Crippen LogP contribution in [0.25, 0.3) is 0 Å². The minimum absolute atomic E-state index is 0.334. The Balaban J connectivity index is 1.65. The van der Waals surface area contributed by atoms with Gasteiger partial charge in [0.1, 0.15) is 0 Å². The van der Waals surface area contributed by atoms with E-state index in [0.29, 0.717) is 17.9 Å². The molecule has 1 aliphatic carbocycles. The number of amides is 1. The normalized spacial score (nSPS) is 23.2. The molecule has 0 spiro atoms. The SMILES string of the molecule is Cc1cc(C)n(C[C@@H]2CCCCN2C(=O)CC2CCCC2)n1. The first kappa shape index (κ1) is 15.6. The summed E-state index contributed by atoms with van der Waals surface area (Å²) in [6.07, 6.45) is 9.41. The van der Waals surface area contributed by atoms with Crippen molar-refractivity contribution in [2.75, 3.05) is 6.54 Å². The van der Waals surface area contributed by atoms with Gasteiger partial charge in [0.05, 0.1) is 18.3 Å². The van der Waals surface area contributed by atoms with E-state index >= 15 is 0 Å². The summed E-state index contributed by atoms with van der Waals surface area (Å²) in [5.41, 5.74) is 2.27. The number of rotatable bonds is 4. The first-order chi connectivity index (χ1) is 10.6. The third kappa shape index (κ3) is 3.53. The fraction of sp³-hybridized carbons (Fsp3) is 0.778. The number of hydrogen-bond acceptors (Lipinski definition) is 2. The molecule has 0 radical (unpaired) electrons. The van der Waals surface area contributed by atoms with Gasteiger partial charge in [-0.15, -0.1) is 0 Å². The Morgan fingerprint density at radius 1 is 1.18 bits per heavy atom. The van der Waals surface area contributed by atoms with Crippen molar-refractivity contribution in [2.24, 2.45) is 5.92 Å². The van der Waals surface area contributed by atoms with Crippen molar-refractivity contribution in [1.29, 1.82) is 0 Å². The molecule has 122 valence electrons. The quantitative estimate of drug-likeness (QED) is 0.854. The fourth-order valence-corrected chi connectivity index (χ4v) is 4.16. The second kappa shape index (κ2) is 6.84. The highest BCUT2D eigenvalue weighted by atomic mass is 16.2. The lowest BCUT2D eigenvalue weighted by atomic mass is 9.98. The molecule has 1 aliphatic heterocycles. The maximum Gasteiger partial charge on any atom is 0.223 e. The molecule has 0 unspecified atom stereocenters. The van der Waals surface area contributed by atoms with E-state index in [1.165, 1.54) is 37.8 Å². The summed E-state index contributed by atoms with van der Waals surface area (Å²) in [4.78, 5) is 14.9. The molecule has 0 aromatic carbocycles. The van der Waals surface area contributed by atoms with E-state index in [1.54, 1.807) is 0 Å². The van der Waals surface area contributed by atoms with Crippen LogP contribution in [-0.4, -0.2) is 33.2 Å². The average Bonchev–Trinajstić information content (AvgIpc) is 3.10. The molecule has 1 saturated carbocycles. The molecule has 2 fully saturated rings. The van der Waals surface area contributed by atoms with Crippen LogP contribution in [0.2, 0.25) is 0 Å². The van der Waals surface area contributed by atoms with Crippen molar-refractivity contribution in [2.45, 2.75) is 77.8 Å². The standard InChI is InChI=1S/C18H29N3O/c1-14-11-15(2)21(19-14)13-17-9-5-6-10-20(17)18(22)12-16-7-3-4-8-16/h11,16-17H,3-10,12-13H2,1-2H3/t17-/m0/s1. The molecular formula is C18H29N3O. The maximum absolute atomic E-state index is 12.7. The van der Waals surface area contributed by atoms with Crippen molar-refractivity contribution >= 4 is 5.91 Å². The second-order valence-corrected chi connectivity index (χ2v) is 7.20. The molecule has 0 bridgehead atoms. The molecule has 4 heteroatoms. The summed E-state index contributed by atoms with van der Waals surface area (Å²) >= 11 is 0. The molecule has 2 heterocycles. The summed E-state index contributed by atoms with van der Waals surface area (Å²) < 4.78 is 2.08. The first-order valence-electron chi connectivity index (χ1n) is 8.94. The molecule has 22 heavy (non-hydrogen) atoms. The van der Waals surface area contributed by atoms with E-state index in [2.05, 4.69) is 27.7 Å². The number of carbonyl (C=O) groups excluding carboxylic acids is 1. The molecule has 1 saturated heterocycles. The first-order valence-corrected chi connectivity index (χ1v) is 8.94. The van der Waals surface area contributed by atoms with E-state index in [1.807, 2.05) is 6.92 Å². The Morgan fingerprint density at radius 3 is 2.59 bits per heavy atom. The van der Waals surface area contributed by atoms with Crippen molar-refractivity contribution in [1.82, 2.24) is 14.7 Å². The third-order valence-electron chi connectivity index (χ3n) is 5.37. The molecule has 1 aromatic rings. The number of nitrogens with zero attached hydrogens (tertiary/aromatic N) is 3. The number of carbonyl (C=O) groups is 1. The molecule has 1 atom stereocenters. The highest BCUT2D eigenvalue weighted by molar-refractivity contribution is 5.77. The van der Waals surface area contributed by atoms with E-state index in [0.717, 1.165) is 38.0 Å². The molecular weight excluding hydrogens is 274 g/mol. The van der Waals surface area contributed by atoms with E-state index in [4.69, 9.17) is 0 Å². The molecule has 2 aliphatic rings. The van der Waals surface area contributed by atoms with Crippen LogP contribution in [-0.2, 0) is 11.3 Å². The Hall–Kier alpha value is -1.32. The van der Waals surface area contributed by atoms with Crippen molar-refractivity contribution in [3.05, 3.63) is 17.5 Å². The molecule has 1 aromatic heterocycles. The zero-order valence-corrected chi connectivity index (χ0v) is 14.1. The van der Waals surface area contributed by atoms with Gasteiger partial charge in [0.15, 0.2) is 0 Å². The summed E-state index contributed by atoms with van der Waals surface area (Å²) in [7, 11) is 0.